The topological polar surface area (TPSA) is 12.5 Å². The Morgan fingerprint density at radius 2 is 1.12 bits per heavy atom. The standard InChI is InChI=1S/C41H35NO/c1-30-26-35(43-2)23-25-40(30)42(33-18-10-5-11-19-33)34-22-24-37-36-20-12-13-21-38(36)41(39(37)27-34,28-31-14-6-3-7-15-31)29-32-16-8-4-9-17-32/h3-27H,28-29H2,1-2H3. The average molecular weight is 558 g/mol. The monoisotopic (exact) mass is 557 g/mol. The largest absolute Gasteiger partial charge is 0.497 e. The van der Waals surface area contributed by atoms with Gasteiger partial charge in [0.1, 0.15) is 5.75 Å². The lowest BCUT2D eigenvalue weighted by Gasteiger charge is -2.34. The predicted octanol–water partition coefficient (Wildman–Crippen LogP) is 10.2. The van der Waals surface area contributed by atoms with Crippen LogP contribution in [0.15, 0.2) is 152 Å². The van der Waals surface area contributed by atoms with Crippen molar-refractivity contribution in [1.29, 1.82) is 0 Å². The van der Waals surface area contributed by atoms with Crippen LogP contribution in [0.4, 0.5) is 17.1 Å². The van der Waals surface area contributed by atoms with E-state index in [1.54, 1.807) is 7.11 Å². The van der Waals surface area contributed by atoms with E-state index in [1.807, 2.05) is 0 Å². The van der Waals surface area contributed by atoms with Crippen LogP contribution in [0.3, 0.4) is 0 Å². The molecule has 0 unspecified atom stereocenters. The maximum absolute atomic E-state index is 5.56. The van der Waals surface area contributed by atoms with Crippen LogP contribution in [-0.4, -0.2) is 7.11 Å². The molecule has 43 heavy (non-hydrogen) atoms. The van der Waals surface area contributed by atoms with Gasteiger partial charge >= 0.3 is 0 Å². The first-order chi connectivity index (χ1) is 21.2. The average Bonchev–Trinajstić information content (AvgIpc) is 3.32. The first kappa shape index (κ1) is 26.8. The zero-order valence-electron chi connectivity index (χ0n) is 24.7. The van der Waals surface area contributed by atoms with E-state index in [2.05, 4.69) is 163 Å². The van der Waals surface area contributed by atoms with Crippen molar-refractivity contribution in [2.24, 2.45) is 0 Å². The van der Waals surface area contributed by atoms with E-state index in [-0.39, 0.29) is 5.41 Å². The molecule has 0 saturated heterocycles. The third-order valence-corrected chi connectivity index (χ3v) is 8.87. The summed E-state index contributed by atoms with van der Waals surface area (Å²) in [6.45, 7) is 2.16. The van der Waals surface area contributed by atoms with E-state index in [1.165, 1.54) is 33.4 Å². The maximum atomic E-state index is 5.56. The highest BCUT2D eigenvalue weighted by atomic mass is 16.5. The number of anilines is 3. The summed E-state index contributed by atoms with van der Waals surface area (Å²) < 4.78 is 5.56. The molecule has 0 radical (unpaired) electrons. The molecule has 0 saturated carbocycles. The molecular weight excluding hydrogens is 522 g/mol. The highest BCUT2D eigenvalue weighted by molar-refractivity contribution is 5.86. The summed E-state index contributed by atoms with van der Waals surface area (Å²) in [5.74, 6) is 0.864. The minimum atomic E-state index is -0.220. The molecule has 1 aliphatic carbocycles. The van der Waals surface area contributed by atoms with Gasteiger partial charge in [-0.2, -0.15) is 0 Å². The minimum Gasteiger partial charge on any atom is -0.497 e. The molecule has 0 atom stereocenters. The van der Waals surface area contributed by atoms with Crippen LogP contribution in [0.1, 0.15) is 27.8 Å². The zero-order valence-corrected chi connectivity index (χ0v) is 24.7. The molecule has 0 fully saturated rings. The molecule has 2 nitrogen and oxygen atoms in total. The van der Waals surface area contributed by atoms with Gasteiger partial charge in [0.05, 0.1) is 7.11 Å². The van der Waals surface area contributed by atoms with E-state index < -0.39 is 0 Å². The second-order valence-corrected chi connectivity index (χ2v) is 11.5. The number of rotatable bonds is 8. The lowest BCUT2D eigenvalue weighted by molar-refractivity contribution is 0.414. The fourth-order valence-corrected chi connectivity index (χ4v) is 6.92. The van der Waals surface area contributed by atoms with Gasteiger partial charge in [-0.15, -0.1) is 0 Å². The molecule has 0 bridgehead atoms. The number of ether oxygens (including phenoxy) is 1. The Hall–Kier alpha value is -5.08. The smallest absolute Gasteiger partial charge is 0.119 e. The van der Waals surface area contributed by atoms with Crippen molar-refractivity contribution in [2.45, 2.75) is 25.2 Å². The quantitative estimate of drug-likeness (QED) is 0.185. The summed E-state index contributed by atoms with van der Waals surface area (Å²) in [6, 6.07) is 55.1. The molecule has 6 aromatic rings. The molecule has 2 heteroatoms. The number of fused-ring (bicyclic) bond motifs is 3. The number of methoxy groups -OCH3 is 1. The third-order valence-electron chi connectivity index (χ3n) is 8.87. The summed E-state index contributed by atoms with van der Waals surface area (Å²) in [6.07, 6.45) is 1.84. The van der Waals surface area contributed by atoms with E-state index >= 15 is 0 Å². The molecule has 1 aliphatic rings. The second kappa shape index (κ2) is 11.3. The van der Waals surface area contributed by atoms with Gasteiger partial charge in [0.25, 0.3) is 0 Å². The van der Waals surface area contributed by atoms with Crippen LogP contribution >= 0.6 is 0 Å². The Balaban J connectivity index is 1.46. The van der Waals surface area contributed by atoms with E-state index in [4.69, 9.17) is 4.74 Å². The number of hydrogen-bond acceptors (Lipinski definition) is 2. The van der Waals surface area contributed by atoms with Gasteiger partial charge in [0.15, 0.2) is 0 Å². The highest BCUT2D eigenvalue weighted by Crippen LogP contribution is 2.54. The van der Waals surface area contributed by atoms with Crippen LogP contribution in [0.2, 0.25) is 0 Å². The summed E-state index contributed by atoms with van der Waals surface area (Å²) in [5, 5.41) is 0. The van der Waals surface area contributed by atoms with Crippen LogP contribution in [0, 0.1) is 6.92 Å². The van der Waals surface area contributed by atoms with Crippen molar-refractivity contribution in [3.05, 3.63) is 179 Å². The fraction of sp³-hybridized carbons (Fsp3) is 0.122. The van der Waals surface area contributed by atoms with Gasteiger partial charge in [0, 0.05) is 22.5 Å². The Kier molecular flexibility index (Phi) is 7.04. The SMILES string of the molecule is COc1ccc(N(c2ccccc2)c2ccc3c(c2)C(Cc2ccccc2)(Cc2ccccc2)c2ccccc2-3)c(C)c1. The number of para-hydroxylation sites is 1. The normalized spacial score (nSPS) is 12.8. The van der Waals surface area contributed by atoms with Gasteiger partial charge in [-0.25, -0.2) is 0 Å². The fourth-order valence-electron chi connectivity index (χ4n) is 6.92. The molecule has 7 rings (SSSR count). The molecule has 0 amide bonds. The third kappa shape index (κ3) is 4.89. The Morgan fingerprint density at radius 1 is 0.535 bits per heavy atom. The van der Waals surface area contributed by atoms with Gasteiger partial charge in [-0.05, 0) is 101 Å². The van der Waals surface area contributed by atoms with Crippen molar-refractivity contribution >= 4 is 17.1 Å². The molecule has 0 aromatic heterocycles. The second-order valence-electron chi connectivity index (χ2n) is 11.5. The molecule has 0 spiro atoms. The van der Waals surface area contributed by atoms with Crippen molar-refractivity contribution in [3.63, 3.8) is 0 Å². The van der Waals surface area contributed by atoms with E-state index in [0.717, 1.165) is 41.2 Å². The maximum Gasteiger partial charge on any atom is 0.119 e. The number of benzene rings is 6. The van der Waals surface area contributed by atoms with Crippen molar-refractivity contribution in [1.82, 2.24) is 0 Å². The Bertz CT molecular complexity index is 1820. The number of nitrogens with zero attached hydrogens (tertiary/aromatic N) is 1. The van der Waals surface area contributed by atoms with Gasteiger partial charge < -0.3 is 9.64 Å². The number of aryl methyl sites for hydroxylation is 1. The molecule has 0 N–H and O–H groups in total. The van der Waals surface area contributed by atoms with E-state index in [0.29, 0.717) is 0 Å². The van der Waals surface area contributed by atoms with Crippen LogP contribution in [0.5, 0.6) is 5.75 Å². The molecule has 0 aliphatic heterocycles. The lowest BCUT2D eigenvalue weighted by Crippen LogP contribution is -2.31. The summed E-state index contributed by atoms with van der Waals surface area (Å²) in [4.78, 5) is 2.38. The van der Waals surface area contributed by atoms with Gasteiger partial charge in [-0.3, -0.25) is 0 Å². The molecule has 0 heterocycles. The van der Waals surface area contributed by atoms with Crippen molar-refractivity contribution in [3.8, 4) is 16.9 Å². The highest BCUT2D eigenvalue weighted by Gasteiger charge is 2.43. The van der Waals surface area contributed by atoms with Crippen molar-refractivity contribution in [2.75, 3.05) is 12.0 Å². The Morgan fingerprint density at radius 3 is 1.74 bits per heavy atom. The van der Waals surface area contributed by atoms with Crippen LogP contribution < -0.4 is 9.64 Å². The predicted molar refractivity (Wildman–Crippen MR) is 179 cm³/mol. The van der Waals surface area contributed by atoms with Crippen LogP contribution in [0.25, 0.3) is 11.1 Å². The summed E-state index contributed by atoms with van der Waals surface area (Å²) >= 11 is 0. The first-order valence-corrected chi connectivity index (χ1v) is 15.0. The lowest BCUT2D eigenvalue weighted by atomic mass is 9.69. The zero-order chi connectivity index (χ0) is 29.2. The number of hydrogen-bond donors (Lipinski definition) is 0. The van der Waals surface area contributed by atoms with Gasteiger partial charge in [-0.1, -0.05) is 109 Å². The molecule has 210 valence electrons. The summed E-state index contributed by atoms with van der Waals surface area (Å²) in [7, 11) is 1.72. The molecule has 6 aromatic carbocycles. The van der Waals surface area contributed by atoms with Crippen LogP contribution in [-0.2, 0) is 18.3 Å². The van der Waals surface area contributed by atoms with Crippen molar-refractivity contribution < 1.29 is 4.74 Å². The summed E-state index contributed by atoms with van der Waals surface area (Å²) in [5.41, 5.74) is 12.5. The van der Waals surface area contributed by atoms with Gasteiger partial charge in [0.2, 0.25) is 0 Å². The molecular formula is C41H35NO. The first-order valence-electron chi connectivity index (χ1n) is 15.0. The van der Waals surface area contributed by atoms with E-state index in [9.17, 15) is 0 Å². The minimum absolute atomic E-state index is 0.220. The Labute approximate surface area is 254 Å².